The zero-order chi connectivity index (χ0) is 20.1. The van der Waals surface area contributed by atoms with Gasteiger partial charge in [-0.2, -0.15) is 5.26 Å². The predicted octanol–water partition coefficient (Wildman–Crippen LogP) is 4.54. The Labute approximate surface area is 158 Å². The van der Waals surface area contributed by atoms with E-state index >= 15 is 0 Å². The van der Waals surface area contributed by atoms with Gasteiger partial charge in [0.15, 0.2) is 0 Å². The summed E-state index contributed by atoms with van der Waals surface area (Å²) in [6.07, 6.45) is 1.22. The van der Waals surface area contributed by atoms with Crippen LogP contribution in [-0.2, 0) is 4.79 Å². The molecule has 0 unspecified atom stereocenters. The highest BCUT2D eigenvalue weighted by molar-refractivity contribution is 6.09. The first kappa shape index (κ1) is 18.5. The molecule has 2 aromatic carbocycles. The number of halogens is 1. The summed E-state index contributed by atoms with van der Waals surface area (Å²) in [5.74, 6) is -0.737. The number of rotatable bonds is 5. The standard InChI is InChI=1S/C20H12FN3O4/c21-14-5-7-15(8-6-14)23-20(25)13(12-22)11-16-9-10-19(28-16)17-3-1-2-4-18(17)24(26)27/h1-11H,(H,23,25)/b13-11-. The van der Waals surface area contributed by atoms with Crippen molar-refractivity contribution in [2.45, 2.75) is 0 Å². The van der Waals surface area contributed by atoms with E-state index in [0.29, 0.717) is 5.69 Å². The van der Waals surface area contributed by atoms with Gasteiger partial charge in [-0.25, -0.2) is 4.39 Å². The van der Waals surface area contributed by atoms with Crippen molar-refractivity contribution in [3.63, 3.8) is 0 Å². The van der Waals surface area contributed by atoms with Crippen LogP contribution in [0.25, 0.3) is 17.4 Å². The molecule has 0 fully saturated rings. The van der Waals surface area contributed by atoms with E-state index < -0.39 is 16.6 Å². The molecule has 0 saturated heterocycles. The summed E-state index contributed by atoms with van der Waals surface area (Å²) in [5, 5.41) is 22.9. The van der Waals surface area contributed by atoms with Crippen molar-refractivity contribution in [1.29, 1.82) is 5.26 Å². The lowest BCUT2D eigenvalue weighted by atomic mass is 10.1. The van der Waals surface area contributed by atoms with Crippen LogP contribution in [0, 0.1) is 27.3 Å². The first-order valence-electron chi connectivity index (χ1n) is 8.00. The Kier molecular flexibility index (Phi) is 5.28. The van der Waals surface area contributed by atoms with E-state index in [9.17, 15) is 24.6 Å². The quantitative estimate of drug-likeness (QED) is 0.304. The second kappa shape index (κ2) is 7.97. The lowest BCUT2D eigenvalue weighted by Gasteiger charge is -2.03. The maximum atomic E-state index is 12.9. The van der Waals surface area contributed by atoms with Crippen LogP contribution >= 0.6 is 0 Å². The first-order valence-corrected chi connectivity index (χ1v) is 8.00. The van der Waals surface area contributed by atoms with Crippen molar-refractivity contribution in [2.24, 2.45) is 0 Å². The molecule has 3 aromatic rings. The Morgan fingerprint density at radius 2 is 1.86 bits per heavy atom. The molecule has 0 radical (unpaired) electrons. The van der Waals surface area contributed by atoms with E-state index in [2.05, 4.69) is 5.32 Å². The number of hydrogen-bond donors (Lipinski definition) is 1. The Morgan fingerprint density at radius 1 is 1.14 bits per heavy atom. The van der Waals surface area contributed by atoms with Crippen LogP contribution in [0.4, 0.5) is 15.8 Å². The van der Waals surface area contributed by atoms with Crippen molar-refractivity contribution in [3.05, 3.63) is 87.9 Å². The number of nitro groups is 1. The van der Waals surface area contributed by atoms with Gasteiger partial charge in [0.05, 0.1) is 10.5 Å². The minimum Gasteiger partial charge on any atom is -0.456 e. The van der Waals surface area contributed by atoms with E-state index in [0.717, 1.165) is 0 Å². The van der Waals surface area contributed by atoms with Crippen molar-refractivity contribution in [1.82, 2.24) is 0 Å². The lowest BCUT2D eigenvalue weighted by Crippen LogP contribution is -2.13. The Bertz CT molecular complexity index is 1110. The second-order valence-electron chi connectivity index (χ2n) is 5.61. The van der Waals surface area contributed by atoms with Crippen molar-refractivity contribution < 1.29 is 18.5 Å². The van der Waals surface area contributed by atoms with Crippen LogP contribution in [0.15, 0.2) is 70.7 Å². The summed E-state index contributed by atoms with van der Waals surface area (Å²) in [7, 11) is 0. The molecule has 0 saturated carbocycles. The molecule has 0 spiro atoms. The highest BCUT2D eigenvalue weighted by atomic mass is 19.1. The molecule has 7 nitrogen and oxygen atoms in total. The summed E-state index contributed by atoms with van der Waals surface area (Å²) < 4.78 is 18.5. The molecule has 1 heterocycles. The SMILES string of the molecule is N#C/C(=C/c1ccc(-c2ccccc2[N+](=O)[O-])o1)C(=O)Nc1ccc(F)cc1. The maximum absolute atomic E-state index is 12.9. The van der Waals surface area contributed by atoms with E-state index in [1.54, 1.807) is 18.2 Å². The monoisotopic (exact) mass is 377 g/mol. The number of benzene rings is 2. The summed E-state index contributed by atoms with van der Waals surface area (Å²) in [6.45, 7) is 0. The molecular formula is C20H12FN3O4. The molecule has 28 heavy (non-hydrogen) atoms. The van der Waals surface area contributed by atoms with Gasteiger partial charge >= 0.3 is 0 Å². The van der Waals surface area contributed by atoms with Gasteiger partial charge in [0.2, 0.25) is 0 Å². The van der Waals surface area contributed by atoms with Crippen molar-refractivity contribution in [3.8, 4) is 17.4 Å². The summed E-state index contributed by atoms with van der Waals surface area (Å²) in [6, 6.07) is 15.9. The Balaban J connectivity index is 1.85. The van der Waals surface area contributed by atoms with Gasteiger partial charge in [0, 0.05) is 17.8 Å². The Hall–Kier alpha value is -4.25. The van der Waals surface area contributed by atoms with Crippen LogP contribution < -0.4 is 5.32 Å². The molecule has 8 heteroatoms. The van der Waals surface area contributed by atoms with Gasteiger partial charge in [-0.05, 0) is 42.5 Å². The average molecular weight is 377 g/mol. The number of nitro benzene ring substituents is 1. The molecule has 138 valence electrons. The minimum absolute atomic E-state index is 0.123. The lowest BCUT2D eigenvalue weighted by molar-refractivity contribution is -0.384. The number of amides is 1. The number of para-hydroxylation sites is 1. The largest absolute Gasteiger partial charge is 0.456 e. The van der Waals surface area contributed by atoms with Gasteiger partial charge in [-0.15, -0.1) is 0 Å². The van der Waals surface area contributed by atoms with Gasteiger partial charge in [0.25, 0.3) is 11.6 Å². The van der Waals surface area contributed by atoms with Crippen LogP contribution in [0.2, 0.25) is 0 Å². The van der Waals surface area contributed by atoms with Crippen molar-refractivity contribution >= 4 is 23.4 Å². The Morgan fingerprint density at radius 3 is 2.54 bits per heavy atom. The fourth-order valence-corrected chi connectivity index (χ4v) is 2.44. The van der Waals surface area contributed by atoms with E-state index in [4.69, 9.17) is 4.42 Å². The smallest absolute Gasteiger partial charge is 0.280 e. The number of furan rings is 1. The topological polar surface area (TPSA) is 109 Å². The van der Waals surface area contributed by atoms with Gasteiger partial charge in [-0.1, -0.05) is 12.1 Å². The normalized spacial score (nSPS) is 10.9. The molecule has 0 bridgehead atoms. The zero-order valence-electron chi connectivity index (χ0n) is 14.3. The molecule has 0 aliphatic carbocycles. The van der Waals surface area contributed by atoms with E-state index in [-0.39, 0.29) is 28.3 Å². The number of nitrogens with one attached hydrogen (secondary N) is 1. The van der Waals surface area contributed by atoms with Crippen LogP contribution in [0.1, 0.15) is 5.76 Å². The summed E-state index contributed by atoms with van der Waals surface area (Å²) in [5.41, 5.74) is 0.240. The number of nitrogens with zero attached hydrogens (tertiary/aromatic N) is 2. The van der Waals surface area contributed by atoms with E-state index in [1.807, 2.05) is 0 Å². The third kappa shape index (κ3) is 4.11. The van der Waals surface area contributed by atoms with Gasteiger partial charge < -0.3 is 9.73 Å². The van der Waals surface area contributed by atoms with Gasteiger partial charge in [0.1, 0.15) is 29.0 Å². The number of carbonyl (C=O) groups is 1. The summed E-state index contributed by atoms with van der Waals surface area (Å²) >= 11 is 0. The van der Waals surface area contributed by atoms with Crippen molar-refractivity contribution in [2.75, 3.05) is 5.32 Å². The predicted molar refractivity (Wildman–Crippen MR) is 99.4 cm³/mol. The molecule has 0 aliphatic rings. The number of carbonyl (C=O) groups excluding carboxylic acids is 1. The third-order valence-electron chi connectivity index (χ3n) is 3.75. The molecule has 1 aromatic heterocycles. The molecule has 0 aliphatic heterocycles. The molecule has 0 atom stereocenters. The van der Waals surface area contributed by atoms with Crippen LogP contribution in [-0.4, -0.2) is 10.8 Å². The fourth-order valence-electron chi connectivity index (χ4n) is 2.44. The molecule has 3 rings (SSSR count). The van der Waals surface area contributed by atoms with Crippen LogP contribution in [0.3, 0.4) is 0 Å². The third-order valence-corrected chi connectivity index (χ3v) is 3.75. The summed E-state index contributed by atoms with van der Waals surface area (Å²) in [4.78, 5) is 22.8. The highest BCUT2D eigenvalue weighted by Crippen LogP contribution is 2.31. The second-order valence-corrected chi connectivity index (χ2v) is 5.61. The first-order chi connectivity index (χ1) is 13.5. The molecule has 1 N–H and O–H groups in total. The highest BCUT2D eigenvalue weighted by Gasteiger charge is 2.17. The number of hydrogen-bond acceptors (Lipinski definition) is 5. The molecular weight excluding hydrogens is 365 g/mol. The van der Waals surface area contributed by atoms with Crippen LogP contribution in [0.5, 0.6) is 0 Å². The average Bonchev–Trinajstić information content (AvgIpc) is 3.16. The zero-order valence-corrected chi connectivity index (χ0v) is 14.3. The number of anilines is 1. The minimum atomic E-state index is -0.697. The van der Waals surface area contributed by atoms with E-state index in [1.165, 1.54) is 54.6 Å². The number of nitriles is 1. The maximum Gasteiger partial charge on any atom is 0.280 e. The fraction of sp³-hybridized carbons (Fsp3) is 0. The molecule has 1 amide bonds. The van der Waals surface area contributed by atoms with Gasteiger partial charge in [-0.3, -0.25) is 14.9 Å².